The van der Waals surface area contributed by atoms with E-state index in [4.69, 9.17) is 0 Å². The molecule has 0 radical (unpaired) electrons. The third-order valence-corrected chi connectivity index (χ3v) is 9.45. The number of nitrogens with zero attached hydrogens (tertiary/aromatic N) is 1. The van der Waals surface area contributed by atoms with Gasteiger partial charge in [0, 0.05) is 19.2 Å². The van der Waals surface area contributed by atoms with Crippen molar-refractivity contribution < 1.29 is 20.1 Å². The number of benzene rings is 1. The van der Waals surface area contributed by atoms with Gasteiger partial charge in [0.05, 0.1) is 24.7 Å². The number of anilines is 1. The Hall–Kier alpha value is -2.21. The molecule has 3 N–H and O–H groups in total. The summed E-state index contributed by atoms with van der Waals surface area (Å²) in [6.07, 6.45) is 8.92. The van der Waals surface area contributed by atoms with E-state index in [0.29, 0.717) is 24.7 Å². The van der Waals surface area contributed by atoms with Crippen molar-refractivity contribution in [3.8, 4) is 0 Å². The lowest BCUT2D eigenvalue weighted by Crippen LogP contribution is -2.41. The zero-order valence-corrected chi connectivity index (χ0v) is 22.1. The van der Waals surface area contributed by atoms with Crippen molar-refractivity contribution in [2.45, 2.75) is 83.5 Å². The second kappa shape index (κ2) is 11.0. The molecule has 0 bridgehead atoms. The second-order valence-corrected chi connectivity index (χ2v) is 11.6. The van der Waals surface area contributed by atoms with E-state index in [2.05, 4.69) is 32.6 Å². The summed E-state index contributed by atoms with van der Waals surface area (Å²) in [5.41, 5.74) is 4.04. The summed E-state index contributed by atoms with van der Waals surface area (Å²) in [7, 11) is 1.77. The minimum Gasteiger partial charge on any atom is -0.393 e. The standard InChI is InChI=1S/C31H43NO4/c1-20-23(17-25(33)18-28(20)34)13-12-22-9-8-16-31(3)26(14-15-27(22)31)21(2)29(35)19-30(36)32(4)24-10-6-5-7-11-24/h5-7,10-13,21,25-29,33-35H,1,8-9,14-19H2,2-4H3/b22-12?,23-13-/t21-,25-,26+,27-,28+,29?,31+/m0/s1. The van der Waals surface area contributed by atoms with Gasteiger partial charge in [-0.05, 0) is 85.0 Å². The van der Waals surface area contributed by atoms with E-state index in [1.54, 1.807) is 11.9 Å². The van der Waals surface area contributed by atoms with Crippen LogP contribution in [-0.2, 0) is 4.79 Å². The summed E-state index contributed by atoms with van der Waals surface area (Å²) in [5, 5.41) is 31.4. The quantitative estimate of drug-likeness (QED) is 0.510. The Morgan fingerprint density at radius 1 is 1.22 bits per heavy atom. The molecule has 1 unspecified atom stereocenters. The van der Waals surface area contributed by atoms with Gasteiger partial charge in [-0.15, -0.1) is 0 Å². The highest BCUT2D eigenvalue weighted by Crippen LogP contribution is 2.60. The fraction of sp³-hybridized carbons (Fsp3) is 0.581. The van der Waals surface area contributed by atoms with Crippen LogP contribution in [0.15, 0.2) is 65.8 Å². The molecular weight excluding hydrogens is 450 g/mol. The third-order valence-electron chi connectivity index (χ3n) is 9.45. The smallest absolute Gasteiger partial charge is 0.229 e. The summed E-state index contributed by atoms with van der Waals surface area (Å²) in [4.78, 5) is 14.5. The molecule has 7 atom stereocenters. The normalized spacial score (nSPS) is 34.4. The number of rotatable bonds is 6. The summed E-state index contributed by atoms with van der Waals surface area (Å²) >= 11 is 0. The van der Waals surface area contributed by atoms with Crippen molar-refractivity contribution in [1.29, 1.82) is 0 Å². The van der Waals surface area contributed by atoms with Gasteiger partial charge in [-0.1, -0.05) is 56.4 Å². The van der Waals surface area contributed by atoms with Crippen LogP contribution in [0.5, 0.6) is 0 Å². The fourth-order valence-corrected chi connectivity index (χ4v) is 7.17. The van der Waals surface area contributed by atoms with Gasteiger partial charge >= 0.3 is 0 Å². The maximum Gasteiger partial charge on any atom is 0.229 e. The molecule has 0 saturated heterocycles. The number of carbonyl (C=O) groups excluding carboxylic acids is 1. The molecule has 5 nitrogen and oxygen atoms in total. The van der Waals surface area contributed by atoms with Crippen LogP contribution in [-0.4, -0.2) is 46.6 Å². The average molecular weight is 494 g/mol. The molecule has 36 heavy (non-hydrogen) atoms. The maximum atomic E-state index is 12.9. The van der Waals surface area contributed by atoms with E-state index in [9.17, 15) is 20.1 Å². The number of fused-ring (bicyclic) bond motifs is 1. The van der Waals surface area contributed by atoms with Crippen molar-refractivity contribution in [2.24, 2.45) is 23.2 Å². The average Bonchev–Trinajstić information content (AvgIpc) is 3.22. The van der Waals surface area contributed by atoms with E-state index < -0.39 is 18.3 Å². The fourth-order valence-electron chi connectivity index (χ4n) is 7.17. The molecule has 0 spiro atoms. The highest BCUT2D eigenvalue weighted by Gasteiger charge is 2.51. The lowest BCUT2D eigenvalue weighted by molar-refractivity contribution is -0.121. The molecule has 5 heteroatoms. The van der Waals surface area contributed by atoms with Gasteiger partial charge in [0.25, 0.3) is 0 Å². The predicted octanol–water partition coefficient (Wildman–Crippen LogP) is 5.18. The van der Waals surface area contributed by atoms with E-state index >= 15 is 0 Å². The number of carbonyl (C=O) groups is 1. The van der Waals surface area contributed by atoms with Gasteiger partial charge < -0.3 is 20.2 Å². The Morgan fingerprint density at radius 3 is 2.67 bits per heavy atom. The van der Waals surface area contributed by atoms with Gasteiger partial charge in [0.1, 0.15) is 0 Å². The Balaban J connectivity index is 1.45. The summed E-state index contributed by atoms with van der Waals surface area (Å²) in [6.45, 7) is 8.54. The first-order valence-corrected chi connectivity index (χ1v) is 13.6. The Kier molecular flexibility index (Phi) is 8.23. The second-order valence-electron chi connectivity index (χ2n) is 11.6. The summed E-state index contributed by atoms with van der Waals surface area (Å²) < 4.78 is 0. The number of hydrogen-bond donors (Lipinski definition) is 3. The van der Waals surface area contributed by atoms with Gasteiger partial charge in [0.15, 0.2) is 0 Å². The van der Waals surface area contributed by atoms with Crippen LogP contribution in [0.3, 0.4) is 0 Å². The third kappa shape index (κ3) is 5.39. The first-order valence-electron chi connectivity index (χ1n) is 13.6. The highest BCUT2D eigenvalue weighted by atomic mass is 16.3. The number of allylic oxidation sites excluding steroid dienone is 3. The number of aliphatic hydroxyl groups excluding tert-OH is 3. The zero-order valence-electron chi connectivity index (χ0n) is 22.1. The first-order chi connectivity index (χ1) is 17.1. The van der Waals surface area contributed by atoms with Crippen molar-refractivity contribution in [3.63, 3.8) is 0 Å². The van der Waals surface area contributed by atoms with Gasteiger partial charge in [0.2, 0.25) is 5.91 Å². The van der Waals surface area contributed by atoms with E-state index in [0.717, 1.165) is 48.9 Å². The Labute approximate surface area is 216 Å². The van der Waals surface area contributed by atoms with Crippen LogP contribution in [0.2, 0.25) is 0 Å². The van der Waals surface area contributed by atoms with Crippen molar-refractivity contribution in [1.82, 2.24) is 0 Å². The number of para-hydroxylation sites is 1. The van der Waals surface area contributed by atoms with Crippen LogP contribution < -0.4 is 4.90 Å². The van der Waals surface area contributed by atoms with Crippen LogP contribution in [0, 0.1) is 23.2 Å². The van der Waals surface area contributed by atoms with E-state index in [-0.39, 0.29) is 23.7 Å². The Bertz CT molecular complexity index is 1010. The van der Waals surface area contributed by atoms with Crippen LogP contribution >= 0.6 is 0 Å². The number of hydrogen-bond acceptors (Lipinski definition) is 4. The molecule has 0 heterocycles. The van der Waals surface area contributed by atoms with Crippen molar-refractivity contribution in [3.05, 3.63) is 65.8 Å². The highest BCUT2D eigenvalue weighted by molar-refractivity contribution is 5.93. The summed E-state index contributed by atoms with van der Waals surface area (Å²) in [5.74, 6) is 0.788. The maximum absolute atomic E-state index is 12.9. The molecular formula is C31H43NO4. The molecule has 1 amide bonds. The van der Waals surface area contributed by atoms with E-state index in [1.165, 1.54) is 5.57 Å². The van der Waals surface area contributed by atoms with Crippen molar-refractivity contribution in [2.75, 3.05) is 11.9 Å². The summed E-state index contributed by atoms with van der Waals surface area (Å²) in [6, 6.07) is 9.57. The van der Waals surface area contributed by atoms with Crippen LogP contribution in [0.25, 0.3) is 0 Å². The van der Waals surface area contributed by atoms with Crippen LogP contribution in [0.1, 0.15) is 65.2 Å². The first kappa shape index (κ1) is 26.8. The SMILES string of the molecule is C=C1/C(=C\C=C2CCC[C@]3(C)[C@@H]([C@H](C)C(O)CC(=O)N(C)c4ccccc4)CC[C@@H]23)C[C@H](O)C[C@H]1O. The van der Waals surface area contributed by atoms with Crippen LogP contribution in [0.4, 0.5) is 5.69 Å². The van der Waals surface area contributed by atoms with E-state index in [1.807, 2.05) is 30.3 Å². The molecule has 1 aromatic rings. The lowest BCUT2D eigenvalue weighted by Gasteiger charge is -2.45. The van der Waals surface area contributed by atoms with Gasteiger partial charge in [-0.25, -0.2) is 0 Å². The molecule has 4 rings (SSSR count). The molecule has 0 aromatic heterocycles. The number of amides is 1. The van der Waals surface area contributed by atoms with Crippen molar-refractivity contribution >= 4 is 11.6 Å². The lowest BCUT2D eigenvalue weighted by atomic mass is 9.60. The minimum absolute atomic E-state index is 0.0363. The predicted molar refractivity (Wildman–Crippen MR) is 144 cm³/mol. The zero-order chi connectivity index (χ0) is 26.0. The minimum atomic E-state index is -0.672. The Morgan fingerprint density at radius 2 is 1.94 bits per heavy atom. The number of aliphatic hydroxyl groups is 3. The molecule has 3 saturated carbocycles. The van der Waals surface area contributed by atoms with Gasteiger partial charge in [-0.3, -0.25) is 4.79 Å². The molecule has 196 valence electrons. The molecule has 1 aromatic carbocycles. The molecule has 3 fully saturated rings. The van der Waals surface area contributed by atoms with Gasteiger partial charge in [-0.2, -0.15) is 0 Å². The molecule has 0 aliphatic heterocycles. The monoisotopic (exact) mass is 493 g/mol. The topological polar surface area (TPSA) is 81.0 Å². The molecule has 3 aliphatic rings. The largest absolute Gasteiger partial charge is 0.393 e. The molecule has 3 aliphatic carbocycles.